The lowest BCUT2D eigenvalue weighted by atomic mass is 9.48. The zero-order chi connectivity index (χ0) is 18.9. The van der Waals surface area contributed by atoms with E-state index in [0.717, 1.165) is 46.6 Å². The molecular formula is C20H32N4OS2. The van der Waals surface area contributed by atoms with E-state index in [9.17, 15) is 4.79 Å². The second-order valence-corrected chi connectivity index (χ2v) is 11.2. The first-order chi connectivity index (χ1) is 13.1. The second-order valence-electron chi connectivity index (χ2n) is 9.01. The van der Waals surface area contributed by atoms with Gasteiger partial charge in [-0.1, -0.05) is 36.4 Å². The molecule has 1 atom stereocenters. The zero-order valence-electron chi connectivity index (χ0n) is 16.5. The molecule has 1 aromatic rings. The number of unbranched alkanes of at least 4 members (excludes halogenated alkanes) is 1. The molecule has 0 aromatic carbocycles. The maximum absolute atomic E-state index is 12.5. The van der Waals surface area contributed by atoms with E-state index in [1.54, 1.807) is 11.3 Å². The van der Waals surface area contributed by atoms with E-state index in [0.29, 0.717) is 17.2 Å². The molecule has 5 nitrogen and oxygen atoms in total. The highest BCUT2D eigenvalue weighted by Gasteiger charge is 2.53. The smallest absolute Gasteiger partial charge is 0.230 e. The molecule has 4 fully saturated rings. The van der Waals surface area contributed by atoms with E-state index in [1.807, 2.05) is 0 Å². The van der Waals surface area contributed by atoms with Crippen molar-refractivity contribution in [1.82, 2.24) is 15.5 Å². The molecule has 4 bridgehead atoms. The molecule has 4 saturated carbocycles. The lowest BCUT2D eigenvalue weighted by Gasteiger charge is -2.59. The Labute approximate surface area is 170 Å². The molecule has 4 aliphatic rings. The largest absolute Gasteiger partial charge is 0.360 e. The van der Waals surface area contributed by atoms with Gasteiger partial charge in [0.25, 0.3) is 0 Å². The van der Waals surface area contributed by atoms with E-state index in [2.05, 4.69) is 34.7 Å². The van der Waals surface area contributed by atoms with Crippen molar-refractivity contribution in [1.29, 1.82) is 0 Å². The minimum atomic E-state index is 0.138. The summed E-state index contributed by atoms with van der Waals surface area (Å²) in [4.78, 5) is 12.5. The van der Waals surface area contributed by atoms with Crippen LogP contribution in [0, 0.1) is 23.2 Å². The number of carbonyl (C=O) groups excluding carboxylic acids is 1. The summed E-state index contributed by atoms with van der Waals surface area (Å²) in [7, 11) is 0. The summed E-state index contributed by atoms with van der Waals surface area (Å²) in [5, 5.41) is 15.8. The fourth-order valence-electron chi connectivity index (χ4n) is 5.98. The van der Waals surface area contributed by atoms with Crippen molar-refractivity contribution < 1.29 is 4.79 Å². The Morgan fingerprint density at radius 1 is 1.22 bits per heavy atom. The van der Waals surface area contributed by atoms with Gasteiger partial charge in [0.1, 0.15) is 0 Å². The van der Waals surface area contributed by atoms with Gasteiger partial charge in [-0.25, -0.2) is 0 Å². The number of carbonyl (C=O) groups is 1. The van der Waals surface area contributed by atoms with Gasteiger partial charge in [0, 0.05) is 12.6 Å². The van der Waals surface area contributed by atoms with Crippen molar-refractivity contribution in [3.05, 3.63) is 0 Å². The van der Waals surface area contributed by atoms with Gasteiger partial charge in [-0.15, -0.1) is 10.2 Å². The summed E-state index contributed by atoms with van der Waals surface area (Å²) in [5.74, 6) is 3.33. The van der Waals surface area contributed by atoms with Crippen LogP contribution in [-0.4, -0.2) is 34.4 Å². The van der Waals surface area contributed by atoms with E-state index in [-0.39, 0.29) is 5.91 Å². The normalized spacial score (nSPS) is 32.4. The van der Waals surface area contributed by atoms with Gasteiger partial charge < -0.3 is 10.6 Å². The van der Waals surface area contributed by atoms with E-state index in [4.69, 9.17) is 0 Å². The predicted molar refractivity (Wildman–Crippen MR) is 112 cm³/mol. The average Bonchev–Trinajstić information content (AvgIpc) is 3.07. The van der Waals surface area contributed by atoms with Crippen molar-refractivity contribution in [2.75, 3.05) is 17.6 Å². The number of hydrogen-bond acceptors (Lipinski definition) is 6. The van der Waals surface area contributed by atoms with Gasteiger partial charge in [-0.2, -0.15) is 0 Å². The highest BCUT2D eigenvalue weighted by atomic mass is 32.2. The van der Waals surface area contributed by atoms with Crippen LogP contribution in [0.2, 0.25) is 0 Å². The molecule has 2 N–H and O–H groups in total. The maximum atomic E-state index is 12.5. The Morgan fingerprint density at radius 3 is 2.52 bits per heavy atom. The number of thioether (sulfide) groups is 1. The molecule has 0 spiro atoms. The van der Waals surface area contributed by atoms with Crippen molar-refractivity contribution in [3.8, 4) is 0 Å². The molecule has 1 heterocycles. The molecule has 4 aliphatic carbocycles. The summed E-state index contributed by atoms with van der Waals surface area (Å²) in [6.07, 6.45) is 10.6. The summed E-state index contributed by atoms with van der Waals surface area (Å²) in [5.41, 5.74) is 0.369. The quantitative estimate of drug-likeness (QED) is 0.463. The fourth-order valence-corrected chi connectivity index (χ4v) is 7.57. The fraction of sp³-hybridized carbons (Fsp3) is 0.850. The molecule has 7 heteroatoms. The number of hydrogen-bond donors (Lipinski definition) is 2. The molecule has 0 unspecified atom stereocenters. The third-order valence-electron chi connectivity index (χ3n) is 6.92. The van der Waals surface area contributed by atoms with Crippen LogP contribution in [0.4, 0.5) is 5.13 Å². The number of rotatable bonds is 9. The average molecular weight is 409 g/mol. The zero-order valence-corrected chi connectivity index (χ0v) is 18.1. The van der Waals surface area contributed by atoms with Gasteiger partial charge in [0.05, 0.1) is 5.75 Å². The van der Waals surface area contributed by atoms with Crippen LogP contribution in [0.3, 0.4) is 0 Å². The van der Waals surface area contributed by atoms with Crippen LogP contribution in [0.1, 0.15) is 65.2 Å². The monoisotopic (exact) mass is 408 g/mol. The van der Waals surface area contributed by atoms with E-state index >= 15 is 0 Å². The molecule has 1 aromatic heterocycles. The van der Waals surface area contributed by atoms with Crippen LogP contribution in [-0.2, 0) is 4.79 Å². The Hall–Kier alpha value is -0.820. The topological polar surface area (TPSA) is 66.9 Å². The summed E-state index contributed by atoms with van der Waals surface area (Å²) >= 11 is 3.04. The van der Waals surface area contributed by atoms with Crippen LogP contribution >= 0.6 is 23.1 Å². The van der Waals surface area contributed by atoms with Crippen molar-refractivity contribution in [3.63, 3.8) is 0 Å². The molecule has 0 saturated heterocycles. The standard InChI is InChI=1S/C20H32N4OS2/c1-3-4-5-21-18-23-24-19(27-18)26-12-17(25)22-13(2)20-9-14-6-15(10-20)8-16(7-14)11-20/h13-16H,3-12H2,1-2H3,(H,21,23)(H,22,25)/t13-,14?,15?,16?,20?/m1/s1. The number of nitrogens with one attached hydrogen (secondary N) is 2. The lowest BCUT2D eigenvalue weighted by molar-refractivity contribution is -0.123. The minimum Gasteiger partial charge on any atom is -0.360 e. The number of anilines is 1. The molecule has 5 rings (SSSR count). The second kappa shape index (κ2) is 8.27. The first-order valence-electron chi connectivity index (χ1n) is 10.6. The summed E-state index contributed by atoms with van der Waals surface area (Å²) in [6.45, 7) is 5.35. The van der Waals surface area contributed by atoms with Crippen LogP contribution in [0.25, 0.3) is 0 Å². The van der Waals surface area contributed by atoms with E-state index in [1.165, 1.54) is 50.3 Å². The number of aromatic nitrogens is 2. The highest BCUT2D eigenvalue weighted by Crippen LogP contribution is 2.61. The third kappa shape index (κ3) is 4.44. The van der Waals surface area contributed by atoms with Crippen molar-refractivity contribution >= 4 is 34.1 Å². The Bertz CT molecular complexity index is 627. The molecule has 1 amide bonds. The van der Waals surface area contributed by atoms with Crippen LogP contribution in [0.15, 0.2) is 4.34 Å². The Kier molecular flexibility index (Phi) is 5.97. The molecule has 0 aliphatic heterocycles. The van der Waals surface area contributed by atoms with Gasteiger partial charge in [-0.05, 0) is 75.0 Å². The van der Waals surface area contributed by atoms with Gasteiger partial charge in [-0.3, -0.25) is 4.79 Å². The molecule has 0 radical (unpaired) electrons. The van der Waals surface area contributed by atoms with E-state index < -0.39 is 0 Å². The van der Waals surface area contributed by atoms with Gasteiger partial charge in [0.15, 0.2) is 4.34 Å². The summed E-state index contributed by atoms with van der Waals surface area (Å²) in [6, 6.07) is 0.291. The predicted octanol–water partition coefficient (Wildman–Crippen LogP) is 4.56. The Morgan fingerprint density at radius 2 is 1.89 bits per heavy atom. The SMILES string of the molecule is CCCCNc1nnc(SCC(=O)N[C@H](C)C23CC4CC(CC(C4)C2)C3)s1. The molecule has 150 valence electrons. The first kappa shape index (κ1) is 19.5. The molecular weight excluding hydrogens is 376 g/mol. The Balaban J connectivity index is 1.25. The number of amides is 1. The summed E-state index contributed by atoms with van der Waals surface area (Å²) < 4.78 is 0.867. The van der Waals surface area contributed by atoms with Crippen LogP contribution < -0.4 is 10.6 Å². The van der Waals surface area contributed by atoms with Crippen LogP contribution in [0.5, 0.6) is 0 Å². The lowest BCUT2D eigenvalue weighted by Crippen LogP contribution is -2.56. The van der Waals surface area contributed by atoms with Crippen molar-refractivity contribution in [2.45, 2.75) is 75.6 Å². The maximum Gasteiger partial charge on any atom is 0.230 e. The highest BCUT2D eigenvalue weighted by molar-refractivity contribution is 8.01. The van der Waals surface area contributed by atoms with Gasteiger partial charge >= 0.3 is 0 Å². The van der Waals surface area contributed by atoms with Gasteiger partial charge in [0.2, 0.25) is 11.0 Å². The third-order valence-corrected chi connectivity index (χ3v) is 8.94. The first-order valence-corrected chi connectivity index (χ1v) is 12.4. The minimum absolute atomic E-state index is 0.138. The number of nitrogens with zero attached hydrogens (tertiary/aromatic N) is 2. The molecule has 27 heavy (non-hydrogen) atoms. The van der Waals surface area contributed by atoms with Crippen molar-refractivity contribution in [2.24, 2.45) is 23.2 Å².